The van der Waals surface area contributed by atoms with Crippen LogP contribution in [-0.2, 0) is 6.61 Å². The molecule has 0 aromatic heterocycles. The van der Waals surface area contributed by atoms with E-state index >= 15 is 0 Å². The first-order chi connectivity index (χ1) is 6.00. The van der Waals surface area contributed by atoms with Gasteiger partial charge in [-0.25, -0.2) is 13.2 Å². The van der Waals surface area contributed by atoms with Crippen LogP contribution in [0.3, 0.4) is 0 Å². The van der Waals surface area contributed by atoms with Crippen LogP contribution in [0.25, 0.3) is 0 Å². The van der Waals surface area contributed by atoms with Crippen LogP contribution in [0.15, 0.2) is 8.95 Å². The fraction of sp³-hybridized carbons (Fsp3) is 0.143. The van der Waals surface area contributed by atoms with Crippen LogP contribution < -0.4 is 0 Å². The van der Waals surface area contributed by atoms with Crippen LogP contribution in [0.1, 0.15) is 5.56 Å². The zero-order valence-corrected chi connectivity index (χ0v) is 9.22. The first-order valence-electron chi connectivity index (χ1n) is 3.11. The Morgan fingerprint density at radius 3 is 1.85 bits per heavy atom. The van der Waals surface area contributed by atoms with Crippen molar-refractivity contribution in [3.05, 3.63) is 32.0 Å². The zero-order valence-electron chi connectivity index (χ0n) is 6.04. The second kappa shape index (κ2) is 3.98. The minimum absolute atomic E-state index is 0.314. The summed E-state index contributed by atoms with van der Waals surface area (Å²) in [5.74, 6) is -3.55. The molecule has 1 rings (SSSR count). The van der Waals surface area contributed by atoms with Gasteiger partial charge in [0.1, 0.15) is 5.82 Å². The van der Waals surface area contributed by atoms with Crippen LogP contribution in [0.2, 0.25) is 0 Å². The Kier molecular flexibility index (Phi) is 3.37. The van der Waals surface area contributed by atoms with Gasteiger partial charge in [0.05, 0.1) is 15.6 Å². The maximum absolute atomic E-state index is 13.1. The van der Waals surface area contributed by atoms with Gasteiger partial charge < -0.3 is 5.11 Å². The van der Waals surface area contributed by atoms with Gasteiger partial charge in [0.25, 0.3) is 0 Å². The zero-order chi connectivity index (χ0) is 10.2. The molecule has 0 aliphatic heterocycles. The van der Waals surface area contributed by atoms with Crippen molar-refractivity contribution in [2.45, 2.75) is 6.61 Å². The van der Waals surface area contributed by atoms with Gasteiger partial charge in [-0.2, -0.15) is 0 Å². The summed E-state index contributed by atoms with van der Waals surface area (Å²) in [7, 11) is 0. The molecule has 0 saturated heterocycles. The SMILES string of the molecule is OCc1c(F)c(Br)c(F)c(F)c1Br. The molecule has 6 heteroatoms. The van der Waals surface area contributed by atoms with E-state index in [4.69, 9.17) is 5.11 Å². The molecule has 0 heterocycles. The molecular weight excluding hydrogens is 317 g/mol. The molecule has 0 spiro atoms. The van der Waals surface area contributed by atoms with Gasteiger partial charge in [0.2, 0.25) is 0 Å². The van der Waals surface area contributed by atoms with E-state index in [1.54, 1.807) is 0 Å². The molecule has 0 saturated carbocycles. The summed E-state index contributed by atoms with van der Waals surface area (Å²) >= 11 is 5.17. The third-order valence-electron chi connectivity index (χ3n) is 1.46. The predicted octanol–water partition coefficient (Wildman–Crippen LogP) is 3.12. The lowest BCUT2D eigenvalue weighted by Crippen LogP contribution is -2.00. The van der Waals surface area contributed by atoms with Gasteiger partial charge in [0.15, 0.2) is 11.6 Å². The monoisotopic (exact) mass is 318 g/mol. The van der Waals surface area contributed by atoms with Crippen LogP contribution >= 0.6 is 31.9 Å². The number of rotatable bonds is 1. The molecule has 0 unspecified atom stereocenters. The molecule has 0 aliphatic carbocycles. The predicted molar refractivity (Wildman–Crippen MR) is 47.6 cm³/mol. The summed E-state index contributed by atoms with van der Waals surface area (Å²) in [4.78, 5) is 0. The van der Waals surface area contributed by atoms with Crippen molar-refractivity contribution in [3.8, 4) is 0 Å². The number of aliphatic hydroxyl groups is 1. The number of halogens is 5. The standard InChI is InChI=1S/C7H3Br2F3O/c8-3-2(1-13)5(10)4(9)7(12)6(3)11/h13H,1H2. The van der Waals surface area contributed by atoms with E-state index in [1.807, 2.05) is 0 Å². The highest BCUT2D eigenvalue weighted by Gasteiger charge is 2.21. The van der Waals surface area contributed by atoms with Crippen molar-refractivity contribution in [1.82, 2.24) is 0 Å². The van der Waals surface area contributed by atoms with Crippen molar-refractivity contribution >= 4 is 31.9 Å². The summed E-state index contributed by atoms with van der Waals surface area (Å²) < 4.78 is 37.7. The van der Waals surface area contributed by atoms with E-state index in [9.17, 15) is 13.2 Å². The number of aliphatic hydroxyl groups excluding tert-OH is 1. The molecule has 13 heavy (non-hydrogen) atoms. The van der Waals surface area contributed by atoms with Gasteiger partial charge in [0, 0.05) is 5.56 Å². The molecule has 0 amide bonds. The van der Waals surface area contributed by atoms with Gasteiger partial charge in [-0.15, -0.1) is 0 Å². The van der Waals surface area contributed by atoms with Crippen LogP contribution in [-0.4, -0.2) is 5.11 Å². The van der Waals surface area contributed by atoms with E-state index < -0.39 is 33.0 Å². The normalized spacial score (nSPS) is 10.6. The Labute approximate surface area is 88.8 Å². The third kappa shape index (κ3) is 1.75. The summed E-state index contributed by atoms with van der Waals surface area (Å²) in [6.07, 6.45) is 0. The molecule has 1 aromatic rings. The fourth-order valence-electron chi connectivity index (χ4n) is 0.789. The number of hydrogen-bond acceptors (Lipinski definition) is 1. The summed E-state index contributed by atoms with van der Waals surface area (Å²) in [5.41, 5.74) is -0.314. The van der Waals surface area contributed by atoms with Crippen LogP contribution in [0.4, 0.5) is 13.2 Å². The highest BCUT2D eigenvalue weighted by molar-refractivity contribution is 9.11. The van der Waals surface area contributed by atoms with Gasteiger partial charge in [-0.1, -0.05) is 0 Å². The van der Waals surface area contributed by atoms with E-state index in [0.717, 1.165) is 0 Å². The molecule has 0 atom stereocenters. The fourth-order valence-corrected chi connectivity index (χ4v) is 1.68. The van der Waals surface area contributed by atoms with Crippen LogP contribution in [0, 0.1) is 17.5 Å². The molecule has 0 bridgehead atoms. The lowest BCUT2D eigenvalue weighted by Gasteiger charge is -2.07. The molecule has 0 radical (unpaired) electrons. The molecule has 1 aromatic carbocycles. The third-order valence-corrected chi connectivity index (χ3v) is 2.98. The van der Waals surface area contributed by atoms with E-state index in [-0.39, 0.29) is 5.56 Å². The van der Waals surface area contributed by atoms with E-state index in [2.05, 4.69) is 31.9 Å². The molecule has 72 valence electrons. The lowest BCUT2D eigenvalue weighted by atomic mass is 10.2. The van der Waals surface area contributed by atoms with E-state index in [1.165, 1.54) is 0 Å². The lowest BCUT2D eigenvalue weighted by molar-refractivity contribution is 0.272. The summed E-state index contributed by atoms with van der Waals surface area (Å²) in [5, 5.41) is 8.66. The minimum atomic E-state index is -1.32. The highest BCUT2D eigenvalue weighted by Crippen LogP contribution is 2.32. The molecule has 1 nitrogen and oxygen atoms in total. The van der Waals surface area contributed by atoms with Gasteiger partial charge in [-0.3, -0.25) is 0 Å². The Balaban J connectivity index is 3.56. The maximum atomic E-state index is 13.1. The minimum Gasteiger partial charge on any atom is -0.392 e. The van der Waals surface area contributed by atoms with Crippen molar-refractivity contribution in [2.24, 2.45) is 0 Å². The smallest absolute Gasteiger partial charge is 0.177 e. The van der Waals surface area contributed by atoms with Gasteiger partial charge in [-0.05, 0) is 31.9 Å². The topological polar surface area (TPSA) is 20.2 Å². The quantitative estimate of drug-likeness (QED) is 0.623. The first kappa shape index (κ1) is 11.0. The maximum Gasteiger partial charge on any atom is 0.177 e. The number of benzene rings is 1. The van der Waals surface area contributed by atoms with E-state index in [0.29, 0.717) is 0 Å². The van der Waals surface area contributed by atoms with Crippen molar-refractivity contribution in [3.63, 3.8) is 0 Å². The molecular formula is C7H3Br2F3O. The average molecular weight is 320 g/mol. The van der Waals surface area contributed by atoms with Crippen molar-refractivity contribution in [1.29, 1.82) is 0 Å². The Morgan fingerprint density at radius 2 is 1.38 bits per heavy atom. The van der Waals surface area contributed by atoms with Crippen molar-refractivity contribution in [2.75, 3.05) is 0 Å². The average Bonchev–Trinajstić information content (AvgIpc) is 2.13. The summed E-state index contributed by atoms with van der Waals surface area (Å²) in [6, 6.07) is 0. The molecule has 0 fully saturated rings. The Bertz CT molecular complexity index is 325. The highest BCUT2D eigenvalue weighted by atomic mass is 79.9. The second-order valence-electron chi connectivity index (χ2n) is 2.21. The Hall–Kier alpha value is -0.0700. The van der Waals surface area contributed by atoms with Crippen molar-refractivity contribution < 1.29 is 18.3 Å². The molecule has 1 N–H and O–H groups in total. The second-order valence-corrected chi connectivity index (χ2v) is 3.79. The largest absolute Gasteiger partial charge is 0.392 e. The number of hydrogen-bond donors (Lipinski definition) is 1. The summed E-state index contributed by atoms with van der Waals surface area (Å²) in [6.45, 7) is -0.706. The molecule has 0 aliphatic rings. The Morgan fingerprint density at radius 1 is 0.923 bits per heavy atom. The van der Waals surface area contributed by atoms with Crippen LogP contribution in [0.5, 0.6) is 0 Å². The van der Waals surface area contributed by atoms with Gasteiger partial charge >= 0.3 is 0 Å². The first-order valence-corrected chi connectivity index (χ1v) is 4.70.